The minimum atomic E-state index is -0.930. The second kappa shape index (κ2) is 8.72. The van der Waals surface area contributed by atoms with E-state index in [2.05, 4.69) is 0 Å². The van der Waals surface area contributed by atoms with Gasteiger partial charge in [0.2, 0.25) is 0 Å². The summed E-state index contributed by atoms with van der Waals surface area (Å²) in [6.45, 7) is 1.11. The zero-order valence-corrected chi connectivity index (χ0v) is 16.0. The maximum absolute atomic E-state index is 12.8. The van der Waals surface area contributed by atoms with E-state index >= 15 is 0 Å². The smallest absolute Gasteiger partial charge is 0.335 e. The molecule has 1 aliphatic rings. The van der Waals surface area contributed by atoms with Gasteiger partial charge in [0, 0.05) is 30.8 Å². The number of benzene rings is 2. The maximum Gasteiger partial charge on any atom is 0.335 e. The van der Waals surface area contributed by atoms with E-state index in [1.54, 1.807) is 17.0 Å². The Labute approximate surface area is 167 Å². The van der Waals surface area contributed by atoms with Crippen molar-refractivity contribution in [2.45, 2.75) is 19.3 Å². The molecule has 0 aliphatic carbocycles. The number of likely N-dealkylation sites (tertiary alicyclic amines) is 1. The first-order chi connectivity index (χ1) is 13.9. The molecule has 29 heavy (non-hydrogen) atoms. The molecule has 1 amide bonds. The SMILES string of the molecule is COc1cc(C(=O)N2CCC(Cc3ccccc3C(=O)O)CC2)ccc1[N+](=O)[O-]. The Morgan fingerprint density at radius 1 is 1.21 bits per heavy atom. The minimum absolute atomic E-state index is 0.0565. The Bertz CT molecular complexity index is 935. The van der Waals surface area contributed by atoms with Gasteiger partial charge in [-0.2, -0.15) is 0 Å². The number of methoxy groups -OCH3 is 1. The predicted octanol–water partition coefficient (Wildman–Crippen LogP) is 3.40. The van der Waals surface area contributed by atoms with Crippen molar-refractivity contribution >= 4 is 17.6 Å². The van der Waals surface area contributed by atoms with Crippen LogP contribution in [0.2, 0.25) is 0 Å². The molecule has 2 aromatic rings. The van der Waals surface area contributed by atoms with Crippen molar-refractivity contribution in [1.29, 1.82) is 0 Å². The third kappa shape index (κ3) is 4.53. The molecule has 0 atom stereocenters. The normalized spacial score (nSPS) is 14.4. The summed E-state index contributed by atoms with van der Waals surface area (Å²) in [5, 5.41) is 20.3. The molecule has 152 valence electrons. The Morgan fingerprint density at radius 3 is 2.52 bits per heavy atom. The van der Waals surface area contributed by atoms with Gasteiger partial charge in [-0.25, -0.2) is 4.79 Å². The average Bonchev–Trinajstić information content (AvgIpc) is 2.73. The van der Waals surface area contributed by atoms with Crippen LogP contribution in [0.25, 0.3) is 0 Å². The van der Waals surface area contributed by atoms with Gasteiger partial charge < -0.3 is 14.7 Å². The lowest BCUT2D eigenvalue weighted by atomic mass is 9.88. The van der Waals surface area contributed by atoms with Crippen LogP contribution in [0.5, 0.6) is 5.75 Å². The number of nitrogens with zero attached hydrogens (tertiary/aromatic N) is 2. The highest BCUT2D eigenvalue weighted by Gasteiger charge is 2.26. The summed E-state index contributed by atoms with van der Waals surface area (Å²) in [6, 6.07) is 11.1. The van der Waals surface area contributed by atoms with E-state index in [-0.39, 0.29) is 17.3 Å². The molecule has 0 unspecified atom stereocenters. The molecule has 0 aromatic heterocycles. The second-order valence-corrected chi connectivity index (χ2v) is 7.05. The molecular formula is C21H22N2O6. The van der Waals surface area contributed by atoms with E-state index in [0.29, 0.717) is 36.6 Å². The molecular weight excluding hydrogens is 376 g/mol. The van der Waals surface area contributed by atoms with Gasteiger partial charge in [-0.05, 0) is 42.9 Å². The highest BCUT2D eigenvalue weighted by Crippen LogP contribution is 2.29. The summed E-state index contributed by atoms with van der Waals surface area (Å²) < 4.78 is 5.04. The number of carbonyl (C=O) groups is 2. The Kier molecular flexibility index (Phi) is 6.11. The number of piperidine rings is 1. The summed E-state index contributed by atoms with van der Waals surface area (Å²) in [6.07, 6.45) is 2.20. The number of amides is 1. The van der Waals surface area contributed by atoms with Crippen molar-refractivity contribution in [3.63, 3.8) is 0 Å². The molecule has 1 fully saturated rings. The van der Waals surface area contributed by atoms with Crippen molar-refractivity contribution in [2.75, 3.05) is 20.2 Å². The lowest BCUT2D eigenvalue weighted by molar-refractivity contribution is -0.385. The van der Waals surface area contributed by atoms with Crippen LogP contribution in [0, 0.1) is 16.0 Å². The number of carboxylic acid groups (broad SMARTS) is 1. The number of hydrogen-bond acceptors (Lipinski definition) is 5. The van der Waals surface area contributed by atoms with E-state index in [1.807, 2.05) is 12.1 Å². The maximum atomic E-state index is 12.8. The van der Waals surface area contributed by atoms with Crippen LogP contribution in [0.3, 0.4) is 0 Å². The van der Waals surface area contributed by atoms with Crippen LogP contribution in [-0.4, -0.2) is 47.0 Å². The van der Waals surface area contributed by atoms with Crippen LogP contribution in [-0.2, 0) is 6.42 Å². The fourth-order valence-electron chi connectivity index (χ4n) is 3.70. The molecule has 0 bridgehead atoms. The first kappa shape index (κ1) is 20.3. The molecule has 1 heterocycles. The fraction of sp³-hybridized carbons (Fsp3) is 0.333. The first-order valence-corrected chi connectivity index (χ1v) is 9.33. The molecule has 0 radical (unpaired) electrons. The number of ether oxygens (including phenoxy) is 1. The van der Waals surface area contributed by atoms with Crippen molar-refractivity contribution in [2.24, 2.45) is 5.92 Å². The van der Waals surface area contributed by atoms with E-state index in [9.17, 15) is 24.8 Å². The van der Waals surface area contributed by atoms with Gasteiger partial charge in [0.05, 0.1) is 17.6 Å². The van der Waals surface area contributed by atoms with Gasteiger partial charge >= 0.3 is 11.7 Å². The number of rotatable bonds is 6. The number of hydrogen-bond donors (Lipinski definition) is 1. The standard InChI is InChI=1S/C21H22N2O6/c1-29-19-13-16(6-7-18(19)23(27)28)20(24)22-10-8-14(9-11-22)12-15-4-2-3-5-17(15)21(25)26/h2-7,13-14H,8-12H2,1H3,(H,25,26). The summed E-state index contributed by atoms with van der Waals surface area (Å²) in [5.41, 5.74) is 1.30. The minimum Gasteiger partial charge on any atom is -0.490 e. The molecule has 2 aromatic carbocycles. The Balaban J connectivity index is 1.64. The fourth-order valence-corrected chi connectivity index (χ4v) is 3.70. The first-order valence-electron chi connectivity index (χ1n) is 9.33. The van der Waals surface area contributed by atoms with Gasteiger partial charge in [0.15, 0.2) is 5.75 Å². The summed E-state index contributed by atoms with van der Waals surface area (Å²) in [4.78, 5) is 36.3. The van der Waals surface area contributed by atoms with Crippen LogP contribution < -0.4 is 4.74 Å². The number of carboxylic acids is 1. The van der Waals surface area contributed by atoms with Gasteiger partial charge in [-0.1, -0.05) is 18.2 Å². The lowest BCUT2D eigenvalue weighted by Crippen LogP contribution is -2.39. The molecule has 8 heteroatoms. The van der Waals surface area contributed by atoms with Gasteiger partial charge in [-0.3, -0.25) is 14.9 Å². The van der Waals surface area contributed by atoms with Gasteiger partial charge in [0.1, 0.15) is 0 Å². The number of aromatic carboxylic acids is 1. The molecule has 1 N–H and O–H groups in total. The van der Waals surface area contributed by atoms with Gasteiger partial charge in [0.25, 0.3) is 5.91 Å². The third-order valence-electron chi connectivity index (χ3n) is 5.28. The molecule has 1 aliphatic heterocycles. The van der Waals surface area contributed by atoms with Crippen LogP contribution in [0.4, 0.5) is 5.69 Å². The number of carbonyl (C=O) groups excluding carboxylic acids is 1. The van der Waals surface area contributed by atoms with Crippen LogP contribution in [0.15, 0.2) is 42.5 Å². The highest BCUT2D eigenvalue weighted by atomic mass is 16.6. The van der Waals surface area contributed by atoms with Crippen molar-refractivity contribution in [1.82, 2.24) is 4.90 Å². The zero-order valence-electron chi connectivity index (χ0n) is 16.0. The van der Waals surface area contributed by atoms with E-state index in [0.717, 1.165) is 18.4 Å². The van der Waals surface area contributed by atoms with Crippen LogP contribution in [0.1, 0.15) is 39.1 Å². The van der Waals surface area contributed by atoms with Crippen molar-refractivity contribution < 1.29 is 24.4 Å². The quantitative estimate of drug-likeness (QED) is 0.590. The summed E-state index contributed by atoms with van der Waals surface area (Å²) >= 11 is 0. The largest absolute Gasteiger partial charge is 0.490 e. The Morgan fingerprint density at radius 2 is 1.90 bits per heavy atom. The molecule has 0 spiro atoms. The summed E-state index contributed by atoms with van der Waals surface area (Å²) in [7, 11) is 1.33. The number of nitro benzene ring substituents is 1. The van der Waals surface area contributed by atoms with Crippen molar-refractivity contribution in [3.05, 3.63) is 69.3 Å². The van der Waals surface area contributed by atoms with E-state index < -0.39 is 10.9 Å². The van der Waals surface area contributed by atoms with Gasteiger partial charge in [-0.15, -0.1) is 0 Å². The molecule has 8 nitrogen and oxygen atoms in total. The molecule has 1 saturated heterocycles. The highest BCUT2D eigenvalue weighted by molar-refractivity contribution is 5.95. The van der Waals surface area contributed by atoms with Crippen LogP contribution >= 0.6 is 0 Å². The average molecular weight is 398 g/mol. The second-order valence-electron chi connectivity index (χ2n) is 7.05. The topological polar surface area (TPSA) is 110 Å². The molecule has 3 rings (SSSR count). The monoisotopic (exact) mass is 398 g/mol. The van der Waals surface area contributed by atoms with Crippen molar-refractivity contribution in [3.8, 4) is 5.75 Å². The predicted molar refractivity (Wildman–Crippen MR) is 105 cm³/mol. The zero-order chi connectivity index (χ0) is 21.0. The summed E-state index contributed by atoms with van der Waals surface area (Å²) in [5.74, 6) is -0.769. The molecule has 0 saturated carbocycles. The third-order valence-corrected chi connectivity index (χ3v) is 5.28. The van der Waals surface area contributed by atoms with E-state index in [1.165, 1.54) is 25.3 Å². The Hall–Kier alpha value is -3.42. The van der Waals surface area contributed by atoms with E-state index in [4.69, 9.17) is 4.74 Å². The lowest BCUT2D eigenvalue weighted by Gasteiger charge is -2.32. The number of nitro groups is 1.